The van der Waals surface area contributed by atoms with Crippen molar-refractivity contribution < 1.29 is 9.53 Å². The summed E-state index contributed by atoms with van der Waals surface area (Å²) in [5, 5.41) is 4.79. The molecular formula is C22H15N5O2. The largest absolute Gasteiger partial charge is 0.419 e. The molecule has 5 aromatic rings. The van der Waals surface area contributed by atoms with E-state index in [9.17, 15) is 4.79 Å². The molecule has 0 atom stereocenters. The first-order valence-corrected chi connectivity index (χ1v) is 9.00. The van der Waals surface area contributed by atoms with Gasteiger partial charge in [0, 0.05) is 30.4 Å². The number of imidazole rings is 1. The monoisotopic (exact) mass is 381 g/mol. The van der Waals surface area contributed by atoms with E-state index in [0.717, 1.165) is 21.9 Å². The molecule has 0 aliphatic heterocycles. The van der Waals surface area contributed by atoms with Crippen LogP contribution in [0.5, 0.6) is 5.75 Å². The number of fused-ring (bicyclic) bond motifs is 2. The summed E-state index contributed by atoms with van der Waals surface area (Å²) in [7, 11) is 0. The fourth-order valence-corrected chi connectivity index (χ4v) is 3.35. The van der Waals surface area contributed by atoms with E-state index in [4.69, 9.17) is 4.74 Å². The zero-order valence-electron chi connectivity index (χ0n) is 15.2. The topological polar surface area (TPSA) is 92.8 Å². The molecular weight excluding hydrogens is 366 g/mol. The molecule has 0 unspecified atom stereocenters. The third-order valence-corrected chi connectivity index (χ3v) is 4.59. The maximum absolute atomic E-state index is 12.2. The molecule has 2 heterocycles. The van der Waals surface area contributed by atoms with Crippen LogP contribution in [0.4, 0.5) is 10.7 Å². The Morgan fingerprint density at radius 2 is 1.66 bits per heavy atom. The quantitative estimate of drug-likeness (QED) is 0.469. The lowest BCUT2D eigenvalue weighted by Gasteiger charge is -2.12. The standard InChI is InChI=1S/C22H15N5O2/c28-22(27-21-25-12-13-26-21)29-18-9-8-17(19-20(18)24-11-10-23-19)16-7-3-5-14-4-1-2-6-15(14)16/h1-13H,(H2,25,26,27,28). The summed E-state index contributed by atoms with van der Waals surface area (Å²) in [5.74, 6) is 0.624. The maximum Gasteiger partial charge on any atom is 0.419 e. The second-order valence-electron chi connectivity index (χ2n) is 6.34. The van der Waals surface area contributed by atoms with E-state index in [1.165, 1.54) is 6.20 Å². The van der Waals surface area contributed by atoms with Gasteiger partial charge in [0.15, 0.2) is 5.75 Å². The Bertz CT molecular complexity index is 1330. The summed E-state index contributed by atoms with van der Waals surface area (Å²) < 4.78 is 5.47. The van der Waals surface area contributed by atoms with Gasteiger partial charge in [-0.1, -0.05) is 42.5 Å². The highest BCUT2D eigenvalue weighted by molar-refractivity contribution is 6.04. The number of carbonyl (C=O) groups is 1. The van der Waals surface area contributed by atoms with Crippen molar-refractivity contribution in [1.82, 2.24) is 19.9 Å². The number of nitrogens with zero attached hydrogens (tertiary/aromatic N) is 3. The molecule has 5 rings (SSSR count). The third-order valence-electron chi connectivity index (χ3n) is 4.59. The van der Waals surface area contributed by atoms with Gasteiger partial charge in [0.05, 0.1) is 0 Å². The number of hydrogen-bond donors (Lipinski definition) is 2. The number of aromatic nitrogens is 4. The summed E-state index contributed by atoms with van der Waals surface area (Å²) in [6.07, 6.45) is 5.69. The van der Waals surface area contributed by atoms with Crippen molar-refractivity contribution in [2.75, 3.05) is 5.32 Å². The Labute approximate surface area is 165 Å². The van der Waals surface area contributed by atoms with Crippen LogP contribution >= 0.6 is 0 Å². The second kappa shape index (κ2) is 7.05. The molecule has 0 saturated carbocycles. The summed E-state index contributed by atoms with van der Waals surface area (Å²) in [6, 6.07) is 17.9. The molecule has 0 radical (unpaired) electrons. The first-order chi connectivity index (χ1) is 14.3. The lowest BCUT2D eigenvalue weighted by molar-refractivity contribution is 0.215. The second-order valence-corrected chi connectivity index (χ2v) is 6.34. The number of hydrogen-bond acceptors (Lipinski definition) is 5. The van der Waals surface area contributed by atoms with Gasteiger partial charge in [-0.15, -0.1) is 0 Å². The molecule has 140 valence electrons. The first-order valence-electron chi connectivity index (χ1n) is 9.00. The minimum Gasteiger partial charge on any atom is -0.408 e. The van der Waals surface area contributed by atoms with Crippen molar-refractivity contribution in [2.24, 2.45) is 0 Å². The molecule has 2 aromatic heterocycles. The van der Waals surface area contributed by atoms with Gasteiger partial charge in [-0.05, 0) is 28.5 Å². The maximum atomic E-state index is 12.2. The molecule has 0 aliphatic rings. The average molecular weight is 381 g/mol. The number of H-pyrrole nitrogens is 1. The van der Waals surface area contributed by atoms with Gasteiger partial charge in [0.2, 0.25) is 5.95 Å². The molecule has 0 saturated heterocycles. The molecule has 0 aliphatic carbocycles. The fourth-order valence-electron chi connectivity index (χ4n) is 3.35. The van der Waals surface area contributed by atoms with Crippen LogP contribution in [0.3, 0.4) is 0 Å². The normalized spacial score (nSPS) is 10.9. The van der Waals surface area contributed by atoms with Gasteiger partial charge in [-0.2, -0.15) is 0 Å². The molecule has 0 fully saturated rings. The lowest BCUT2D eigenvalue weighted by atomic mass is 9.97. The number of rotatable bonds is 3. The average Bonchev–Trinajstić information content (AvgIpc) is 3.26. The van der Waals surface area contributed by atoms with Crippen LogP contribution in [-0.4, -0.2) is 26.0 Å². The molecule has 7 nitrogen and oxygen atoms in total. The molecule has 3 aromatic carbocycles. The van der Waals surface area contributed by atoms with Crippen LogP contribution in [0.15, 0.2) is 79.4 Å². The number of nitrogens with one attached hydrogen (secondary N) is 2. The molecule has 1 amide bonds. The van der Waals surface area contributed by atoms with Crippen molar-refractivity contribution in [3.63, 3.8) is 0 Å². The lowest BCUT2D eigenvalue weighted by Crippen LogP contribution is -2.17. The predicted molar refractivity (Wildman–Crippen MR) is 111 cm³/mol. The van der Waals surface area contributed by atoms with Crippen LogP contribution in [0, 0.1) is 0 Å². The number of aromatic amines is 1. The Hall–Kier alpha value is -4.26. The van der Waals surface area contributed by atoms with Gasteiger partial charge in [0.25, 0.3) is 0 Å². The number of ether oxygens (including phenoxy) is 1. The SMILES string of the molecule is O=C(Nc1ncc[nH]1)Oc1ccc(-c2cccc3ccccc23)c2nccnc12. The summed E-state index contributed by atoms with van der Waals surface area (Å²) >= 11 is 0. The van der Waals surface area contributed by atoms with Crippen LogP contribution in [0.1, 0.15) is 0 Å². The fraction of sp³-hybridized carbons (Fsp3) is 0. The van der Waals surface area contributed by atoms with E-state index < -0.39 is 6.09 Å². The van der Waals surface area contributed by atoms with Crippen LogP contribution < -0.4 is 10.1 Å². The van der Waals surface area contributed by atoms with E-state index in [0.29, 0.717) is 22.7 Å². The third kappa shape index (κ3) is 3.14. The van der Waals surface area contributed by atoms with Gasteiger partial charge in [0.1, 0.15) is 11.0 Å². The van der Waals surface area contributed by atoms with Crippen molar-refractivity contribution in [3.05, 3.63) is 79.4 Å². The molecule has 7 heteroatoms. The van der Waals surface area contributed by atoms with E-state index in [-0.39, 0.29) is 0 Å². The van der Waals surface area contributed by atoms with Crippen LogP contribution in [-0.2, 0) is 0 Å². The zero-order valence-corrected chi connectivity index (χ0v) is 15.2. The van der Waals surface area contributed by atoms with Crippen molar-refractivity contribution >= 4 is 33.8 Å². The Morgan fingerprint density at radius 3 is 2.52 bits per heavy atom. The Balaban J connectivity index is 1.59. The van der Waals surface area contributed by atoms with Crippen molar-refractivity contribution in [2.45, 2.75) is 0 Å². The van der Waals surface area contributed by atoms with Gasteiger partial charge in [-0.3, -0.25) is 10.3 Å². The predicted octanol–water partition coefficient (Wildman–Crippen LogP) is 4.78. The Morgan fingerprint density at radius 1 is 0.828 bits per heavy atom. The van der Waals surface area contributed by atoms with Crippen LogP contribution in [0.25, 0.3) is 32.9 Å². The van der Waals surface area contributed by atoms with Crippen LogP contribution in [0.2, 0.25) is 0 Å². The van der Waals surface area contributed by atoms with Gasteiger partial charge < -0.3 is 9.72 Å². The zero-order chi connectivity index (χ0) is 19.6. The van der Waals surface area contributed by atoms with Crippen molar-refractivity contribution in [3.8, 4) is 16.9 Å². The van der Waals surface area contributed by atoms with Gasteiger partial charge in [-0.25, -0.2) is 14.8 Å². The number of amides is 1. The highest BCUT2D eigenvalue weighted by atomic mass is 16.6. The molecule has 29 heavy (non-hydrogen) atoms. The summed E-state index contributed by atoms with van der Waals surface area (Å²) in [5.41, 5.74) is 3.13. The van der Waals surface area contributed by atoms with Crippen molar-refractivity contribution in [1.29, 1.82) is 0 Å². The first kappa shape index (κ1) is 16.9. The number of carbonyl (C=O) groups excluding carboxylic acids is 1. The Kier molecular flexibility index (Phi) is 4.10. The van der Waals surface area contributed by atoms with E-state index >= 15 is 0 Å². The van der Waals surface area contributed by atoms with E-state index in [1.54, 1.807) is 24.7 Å². The summed E-state index contributed by atoms with van der Waals surface area (Å²) in [4.78, 5) is 27.9. The smallest absolute Gasteiger partial charge is 0.408 e. The minimum absolute atomic E-state index is 0.303. The van der Waals surface area contributed by atoms with E-state index in [1.807, 2.05) is 24.3 Å². The highest BCUT2D eigenvalue weighted by Crippen LogP contribution is 2.35. The number of anilines is 1. The molecule has 0 spiro atoms. The summed E-state index contributed by atoms with van der Waals surface area (Å²) in [6.45, 7) is 0. The molecule has 2 N–H and O–H groups in total. The van der Waals surface area contributed by atoms with E-state index in [2.05, 4.69) is 49.5 Å². The molecule has 0 bridgehead atoms. The number of benzene rings is 3. The highest BCUT2D eigenvalue weighted by Gasteiger charge is 2.15. The minimum atomic E-state index is -0.662. The van der Waals surface area contributed by atoms with Gasteiger partial charge >= 0.3 is 6.09 Å².